The molecule has 2 rings (SSSR count). The summed E-state index contributed by atoms with van der Waals surface area (Å²) in [7, 11) is 1.95. The van der Waals surface area contributed by atoms with Gasteiger partial charge in [0.1, 0.15) is 0 Å². The fraction of sp³-hybridized carbons (Fsp3) is 0.333. The highest BCUT2D eigenvalue weighted by Crippen LogP contribution is 2.04. The van der Waals surface area contributed by atoms with Crippen LogP contribution in [0.2, 0.25) is 0 Å². The molecule has 0 saturated carbocycles. The van der Waals surface area contributed by atoms with Gasteiger partial charge in [0.2, 0.25) is 0 Å². The highest BCUT2D eigenvalue weighted by Gasteiger charge is 1.99. The smallest absolute Gasteiger partial charge is 0.0868 e. The van der Waals surface area contributed by atoms with E-state index in [1.54, 1.807) is 6.20 Å². The minimum absolute atomic E-state index is 0.957. The summed E-state index contributed by atoms with van der Waals surface area (Å²) in [6, 6.07) is 6.10. The summed E-state index contributed by atoms with van der Waals surface area (Å²) in [5, 5.41) is 11.0. The van der Waals surface area contributed by atoms with Gasteiger partial charge >= 0.3 is 0 Å². The van der Waals surface area contributed by atoms with Crippen LogP contribution >= 0.6 is 0 Å². The number of pyridine rings is 1. The Hall–Kier alpha value is -1.42. The number of hydrogen-bond donors (Lipinski definition) is 1. The van der Waals surface area contributed by atoms with Crippen molar-refractivity contribution in [3.63, 3.8) is 0 Å². The monoisotopic (exact) mass is 176 g/mol. The Morgan fingerprint density at radius 2 is 2.38 bits per heavy atom. The van der Waals surface area contributed by atoms with Gasteiger partial charge in [-0.3, -0.25) is 0 Å². The molecule has 2 aromatic rings. The van der Waals surface area contributed by atoms with Crippen molar-refractivity contribution in [1.29, 1.82) is 0 Å². The van der Waals surface area contributed by atoms with E-state index in [1.807, 2.05) is 23.7 Å². The van der Waals surface area contributed by atoms with Gasteiger partial charge in [0.15, 0.2) is 0 Å². The number of aromatic nitrogens is 3. The number of hydrogen-bond acceptors (Lipinski definition) is 3. The Kier molecular flexibility index (Phi) is 2.23. The molecular formula is C9H12N4. The van der Waals surface area contributed by atoms with Gasteiger partial charge in [0, 0.05) is 18.7 Å². The fourth-order valence-corrected chi connectivity index (χ4v) is 1.35. The van der Waals surface area contributed by atoms with Gasteiger partial charge in [-0.2, -0.15) is 0 Å². The summed E-state index contributed by atoms with van der Waals surface area (Å²) in [4.78, 5) is 0. The first kappa shape index (κ1) is 8.19. The predicted octanol–water partition coefficient (Wildman–Crippen LogP) is 0.491. The lowest BCUT2D eigenvalue weighted by Crippen LogP contribution is -2.12. The van der Waals surface area contributed by atoms with Crippen LogP contribution < -0.4 is 5.32 Å². The second kappa shape index (κ2) is 3.53. The molecule has 0 unspecified atom stereocenters. The molecule has 0 saturated heterocycles. The average Bonchev–Trinajstić information content (AvgIpc) is 2.62. The molecule has 68 valence electrons. The number of rotatable bonds is 3. The largest absolute Gasteiger partial charge is 0.319 e. The maximum Gasteiger partial charge on any atom is 0.0868 e. The van der Waals surface area contributed by atoms with Crippen molar-refractivity contribution in [2.45, 2.75) is 6.42 Å². The molecule has 0 aromatic carbocycles. The Morgan fingerprint density at radius 3 is 3.23 bits per heavy atom. The van der Waals surface area contributed by atoms with E-state index in [1.165, 1.54) is 5.69 Å². The van der Waals surface area contributed by atoms with Gasteiger partial charge in [0.25, 0.3) is 0 Å². The van der Waals surface area contributed by atoms with Gasteiger partial charge in [-0.25, -0.2) is 4.52 Å². The zero-order valence-corrected chi connectivity index (χ0v) is 7.57. The van der Waals surface area contributed by atoms with Gasteiger partial charge in [-0.1, -0.05) is 11.3 Å². The fourth-order valence-electron chi connectivity index (χ4n) is 1.35. The van der Waals surface area contributed by atoms with Gasteiger partial charge in [0.05, 0.1) is 11.7 Å². The van der Waals surface area contributed by atoms with Crippen molar-refractivity contribution in [3.8, 4) is 0 Å². The Balaban J connectivity index is 2.37. The second-order valence-electron chi connectivity index (χ2n) is 2.94. The molecule has 1 N–H and O–H groups in total. The quantitative estimate of drug-likeness (QED) is 0.740. The van der Waals surface area contributed by atoms with Crippen LogP contribution in [0.25, 0.3) is 5.52 Å². The number of nitrogens with zero attached hydrogens (tertiary/aromatic N) is 3. The van der Waals surface area contributed by atoms with Crippen molar-refractivity contribution < 1.29 is 0 Å². The van der Waals surface area contributed by atoms with Crippen molar-refractivity contribution in [1.82, 2.24) is 20.1 Å². The maximum atomic E-state index is 4.01. The summed E-state index contributed by atoms with van der Waals surface area (Å²) >= 11 is 0. The van der Waals surface area contributed by atoms with E-state index < -0.39 is 0 Å². The number of nitrogens with one attached hydrogen (secondary N) is 1. The summed E-state index contributed by atoms with van der Waals surface area (Å²) in [6.45, 7) is 0.957. The van der Waals surface area contributed by atoms with Crippen LogP contribution in [0, 0.1) is 0 Å². The molecular weight excluding hydrogens is 164 g/mol. The highest BCUT2D eigenvalue weighted by atomic mass is 15.4. The third-order valence-electron chi connectivity index (χ3n) is 2.03. The molecule has 2 aromatic heterocycles. The summed E-state index contributed by atoms with van der Waals surface area (Å²) in [6.07, 6.45) is 2.74. The van der Waals surface area contributed by atoms with E-state index in [2.05, 4.69) is 21.7 Å². The van der Waals surface area contributed by atoms with Crippen molar-refractivity contribution in [2.75, 3.05) is 13.6 Å². The Labute approximate surface area is 76.6 Å². The lowest BCUT2D eigenvalue weighted by Gasteiger charge is -2.02. The van der Waals surface area contributed by atoms with Crippen molar-refractivity contribution in [3.05, 3.63) is 30.1 Å². The van der Waals surface area contributed by atoms with E-state index in [-0.39, 0.29) is 0 Å². The van der Waals surface area contributed by atoms with Crippen LogP contribution in [-0.2, 0) is 6.42 Å². The molecule has 0 fully saturated rings. The lowest BCUT2D eigenvalue weighted by atomic mass is 10.2. The molecule has 4 nitrogen and oxygen atoms in total. The topological polar surface area (TPSA) is 42.2 Å². The molecule has 0 aliphatic carbocycles. The van der Waals surface area contributed by atoms with Gasteiger partial charge in [-0.15, -0.1) is 5.10 Å². The van der Waals surface area contributed by atoms with E-state index in [0.29, 0.717) is 0 Å². The van der Waals surface area contributed by atoms with Crippen LogP contribution in [0.15, 0.2) is 24.4 Å². The first-order valence-electron chi connectivity index (χ1n) is 4.35. The molecule has 0 spiro atoms. The third kappa shape index (κ3) is 1.53. The van der Waals surface area contributed by atoms with E-state index in [4.69, 9.17) is 0 Å². The second-order valence-corrected chi connectivity index (χ2v) is 2.94. The zero-order valence-electron chi connectivity index (χ0n) is 7.57. The van der Waals surface area contributed by atoms with Crippen molar-refractivity contribution in [2.24, 2.45) is 0 Å². The van der Waals surface area contributed by atoms with Crippen LogP contribution in [0.1, 0.15) is 5.69 Å². The maximum absolute atomic E-state index is 4.01. The third-order valence-corrected chi connectivity index (χ3v) is 2.03. The van der Waals surface area contributed by atoms with E-state index in [0.717, 1.165) is 18.5 Å². The molecule has 0 aliphatic rings. The minimum Gasteiger partial charge on any atom is -0.319 e. The predicted molar refractivity (Wildman–Crippen MR) is 50.6 cm³/mol. The SMILES string of the molecule is CNCCc1cccc2cnnn12. The van der Waals surface area contributed by atoms with Crippen LogP contribution in [0.3, 0.4) is 0 Å². The normalized spacial score (nSPS) is 10.8. The van der Waals surface area contributed by atoms with E-state index >= 15 is 0 Å². The number of fused-ring (bicyclic) bond motifs is 1. The van der Waals surface area contributed by atoms with Gasteiger partial charge < -0.3 is 5.32 Å². The number of likely N-dealkylation sites (N-methyl/N-ethyl adjacent to an activating group) is 1. The summed E-state index contributed by atoms with van der Waals surface area (Å²) in [5.74, 6) is 0. The molecule has 13 heavy (non-hydrogen) atoms. The average molecular weight is 176 g/mol. The lowest BCUT2D eigenvalue weighted by molar-refractivity contribution is 0.730. The van der Waals surface area contributed by atoms with Gasteiger partial charge in [-0.05, 0) is 19.2 Å². The standard InChI is InChI=1S/C9H12N4/c1-10-6-5-8-3-2-4-9-7-11-12-13(8)9/h2-4,7,10H,5-6H2,1H3. The molecule has 0 amide bonds. The Morgan fingerprint density at radius 1 is 1.46 bits per heavy atom. The molecule has 0 bridgehead atoms. The Bertz CT molecular complexity index is 393. The summed E-state index contributed by atoms with van der Waals surface area (Å²) < 4.78 is 1.87. The molecule has 0 atom stereocenters. The molecule has 0 radical (unpaired) electrons. The zero-order chi connectivity index (χ0) is 9.10. The van der Waals surface area contributed by atoms with Crippen LogP contribution in [0.5, 0.6) is 0 Å². The summed E-state index contributed by atoms with van der Waals surface area (Å²) in [5.41, 5.74) is 2.23. The van der Waals surface area contributed by atoms with Crippen LogP contribution in [-0.4, -0.2) is 28.4 Å². The first-order chi connectivity index (χ1) is 6.42. The van der Waals surface area contributed by atoms with E-state index in [9.17, 15) is 0 Å². The van der Waals surface area contributed by atoms with Crippen molar-refractivity contribution >= 4 is 5.52 Å². The molecule has 2 heterocycles. The minimum atomic E-state index is 0.957. The van der Waals surface area contributed by atoms with Crippen LogP contribution in [0.4, 0.5) is 0 Å². The molecule has 4 heteroatoms. The molecule has 0 aliphatic heterocycles. The highest BCUT2D eigenvalue weighted by molar-refractivity contribution is 5.43. The first-order valence-corrected chi connectivity index (χ1v) is 4.35.